The first kappa shape index (κ1) is 15.6. The first-order chi connectivity index (χ1) is 10.3. The molecule has 0 heterocycles. The molecule has 116 valence electrons. The topological polar surface area (TPSA) is 55.6 Å². The van der Waals surface area contributed by atoms with Crippen LogP contribution in [0.1, 0.15) is 0 Å². The molecule has 0 saturated heterocycles. The lowest BCUT2D eigenvalue weighted by atomic mass is 10.2. The van der Waals surface area contributed by atoms with Crippen LogP contribution < -0.4 is 9.64 Å². The van der Waals surface area contributed by atoms with E-state index in [0.717, 1.165) is 0 Å². The molecule has 0 N–H and O–H groups in total. The van der Waals surface area contributed by atoms with Gasteiger partial charge in [0.2, 0.25) is 0 Å². The minimum Gasteiger partial charge on any atom is -0.406 e. The number of halogens is 3. The predicted octanol–water partition coefficient (Wildman–Crippen LogP) is 4.26. The lowest BCUT2D eigenvalue weighted by Crippen LogP contribution is -2.17. The van der Waals surface area contributed by atoms with Crippen LogP contribution in [-0.2, 0) is 0 Å². The second-order valence-electron chi connectivity index (χ2n) is 4.37. The number of alkyl halides is 3. The van der Waals surface area contributed by atoms with Crippen LogP contribution in [0.2, 0.25) is 0 Å². The summed E-state index contributed by atoms with van der Waals surface area (Å²) >= 11 is 0. The van der Waals surface area contributed by atoms with Crippen LogP contribution in [0.4, 0.5) is 30.2 Å². The van der Waals surface area contributed by atoms with E-state index in [1.165, 1.54) is 36.4 Å². The normalized spacial score (nSPS) is 11.1. The number of rotatable bonds is 4. The molecule has 22 heavy (non-hydrogen) atoms. The summed E-state index contributed by atoms with van der Waals surface area (Å²) in [5.41, 5.74) is 1.24. The van der Waals surface area contributed by atoms with Crippen LogP contribution in [0.15, 0.2) is 48.5 Å². The van der Waals surface area contributed by atoms with Gasteiger partial charge in [-0.25, -0.2) is 0 Å². The molecule has 0 fully saturated rings. The Labute approximate surface area is 123 Å². The van der Waals surface area contributed by atoms with Gasteiger partial charge in [-0.15, -0.1) is 13.2 Å². The van der Waals surface area contributed by atoms with Gasteiger partial charge in [-0.05, 0) is 36.4 Å². The van der Waals surface area contributed by atoms with Crippen LogP contribution in [-0.4, -0.2) is 18.3 Å². The van der Waals surface area contributed by atoms with Gasteiger partial charge in [-0.1, -0.05) is 0 Å². The number of hydrogen-bond donors (Lipinski definition) is 0. The van der Waals surface area contributed by atoms with Gasteiger partial charge in [0, 0.05) is 30.6 Å². The summed E-state index contributed by atoms with van der Waals surface area (Å²) in [5, 5.41) is 10.6. The van der Waals surface area contributed by atoms with Crippen molar-refractivity contribution in [3.63, 3.8) is 0 Å². The van der Waals surface area contributed by atoms with E-state index < -0.39 is 11.3 Å². The highest BCUT2D eigenvalue weighted by molar-refractivity contribution is 5.64. The minimum absolute atomic E-state index is 0.0360. The molecule has 0 unspecified atom stereocenters. The number of benzene rings is 2. The second kappa shape index (κ2) is 5.92. The molecular weight excluding hydrogens is 301 g/mol. The summed E-state index contributed by atoms with van der Waals surface area (Å²) in [4.78, 5) is 11.8. The average Bonchev–Trinajstić information content (AvgIpc) is 2.46. The maximum atomic E-state index is 12.1. The van der Waals surface area contributed by atoms with Gasteiger partial charge in [-0.3, -0.25) is 10.1 Å². The molecule has 0 amide bonds. The Bertz CT molecular complexity index is 655. The monoisotopic (exact) mass is 312 g/mol. The van der Waals surface area contributed by atoms with Gasteiger partial charge in [0.25, 0.3) is 5.69 Å². The van der Waals surface area contributed by atoms with Crippen molar-refractivity contribution in [3.8, 4) is 5.75 Å². The van der Waals surface area contributed by atoms with E-state index in [4.69, 9.17) is 0 Å². The van der Waals surface area contributed by atoms with Crippen LogP contribution >= 0.6 is 0 Å². The highest BCUT2D eigenvalue weighted by atomic mass is 19.4. The van der Waals surface area contributed by atoms with E-state index in [2.05, 4.69) is 4.74 Å². The molecule has 0 aromatic heterocycles. The summed E-state index contributed by atoms with van der Waals surface area (Å²) in [6.45, 7) is 0. The zero-order chi connectivity index (χ0) is 16.3. The second-order valence-corrected chi connectivity index (χ2v) is 4.37. The van der Waals surface area contributed by atoms with Crippen molar-refractivity contribution in [1.82, 2.24) is 0 Å². The first-order valence-electron chi connectivity index (χ1n) is 6.10. The number of ether oxygens (including phenoxy) is 1. The molecule has 2 rings (SSSR count). The molecule has 0 aliphatic carbocycles. The lowest BCUT2D eigenvalue weighted by molar-refractivity contribution is -0.384. The predicted molar refractivity (Wildman–Crippen MR) is 74.3 cm³/mol. The number of nitrogens with zero attached hydrogens (tertiary/aromatic N) is 2. The number of hydrogen-bond acceptors (Lipinski definition) is 4. The Balaban J connectivity index is 2.15. The summed E-state index contributed by atoms with van der Waals surface area (Å²) in [5.74, 6) is -0.312. The van der Waals surface area contributed by atoms with E-state index in [-0.39, 0.29) is 11.4 Å². The number of nitro benzene ring substituents is 1. The molecule has 0 bridgehead atoms. The molecule has 0 saturated carbocycles. The maximum Gasteiger partial charge on any atom is 0.573 e. The Morgan fingerprint density at radius 2 is 1.45 bits per heavy atom. The lowest BCUT2D eigenvalue weighted by Gasteiger charge is -2.19. The van der Waals surface area contributed by atoms with Crippen molar-refractivity contribution in [1.29, 1.82) is 0 Å². The molecule has 0 spiro atoms. The third-order valence-electron chi connectivity index (χ3n) is 2.91. The average molecular weight is 312 g/mol. The van der Waals surface area contributed by atoms with Crippen molar-refractivity contribution in [2.24, 2.45) is 0 Å². The van der Waals surface area contributed by atoms with Crippen molar-refractivity contribution in [2.45, 2.75) is 6.36 Å². The third-order valence-corrected chi connectivity index (χ3v) is 2.91. The van der Waals surface area contributed by atoms with Crippen molar-refractivity contribution >= 4 is 17.1 Å². The van der Waals surface area contributed by atoms with E-state index >= 15 is 0 Å². The third kappa shape index (κ3) is 3.87. The van der Waals surface area contributed by atoms with Crippen LogP contribution in [0.3, 0.4) is 0 Å². The Hall–Kier alpha value is -2.77. The Morgan fingerprint density at radius 1 is 1.00 bits per heavy atom. The number of nitro groups is 1. The fraction of sp³-hybridized carbons (Fsp3) is 0.143. The first-order valence-corrected chi connectivity index (χ1v) is 6.10. The molecule has 0 atom stereocenters. The smallest absolute Gasteiger partial charge is 0.406 e. The van der Waals surface area contributed by atoms with Gasteiger partial charge in [0.1, 0.15) is 5.75 Å². The summed E-state index contributed by atoms with van der Waals surface area (Å²) in [7, 11) is 1.70. The molecular formula is C14H11F3N2O3. The van der Waals surface area contributed by atoms with Crippen LogP contribution in [0.5, 0.6) is 5.75 Å². The molecule has 2 aromatic carbocycles. The van der Waals surface area contributed by atoms with E-state index in [0.29, 0.717) is 11.4 Å². The standard InChI is InChI=1S/C14H11F3N2O3/c1-18(10-2-4-12(5-3-10)19(20)21)11-6-8-13(9-7-11)22-14(15,16)17/h2-9H,1H3. The van der Waals surface area contributed by atoms with Gasteiger partial charge in [0.05, 0.1) is 4.92 Å². The van der Waals surface area contributed by atoms with Crippen molar-refractivity contribution < 1.29 is 22.8 Å². The molecule has 5 nitrogen and oxygen atoms in total. The number of non-ortho nitro benzene ring substituents is 1. The molecule has 8 heteroatoms. The fourth-order valence-electron chi connectivity index (χ4n) is 1.82. The highest BCUT2D eigenvalue weighted by Crippen LogP contribution is 2.29. The van der Waals surface area contributed by atoms with Crippen LogP contribution in [0.25, 0.3) is 0 Å². The fourth-order valence-corrected chi connectivity index (χ4v) is 1.82. The SMILES string of the molecule is CN(c1ccc(OC(F)(F)F)cc1)c1ccc([N+](=O)[O-])cc1. The van der Waals surface area contributed by atoms with Gasteiger partial charge in [-0.2, -0.15) is 0 Å². The molecule has 0 radical (unpaired) electrons. The van der Waals surface area contributed by atoms with Gasteiger partial charge < -0.3 is 9.64 Å². The summed E-state index contributed by atoms with van der Waals surface area (Å²) in [6.07, 6.45) is -4.73. The largest absolute Gasteiger partial charge is 0.573 e. The number of anilines is 2. The zero-order valence-corrected chi connectivity index (χ0v) is 11.4. The Kier molecular flexibility index (Phi) is 4.20. The van der Waals surface area contributed by atoms with Crippen molar-refractivity contribution in [3.05, 3.63) is 58.6 Å². The van der Waals surface area contributed by atoms with E-state index in [1.807, 2.05) is 0 Å². The zero-order valence-electron chi connectivity index (χ0n) is 11.4. The summed E-state index contributed by atoms with van der Waals surface area (Å²) < 4.78 is 40.0. The molecule has 2 aromatic rings. The van der Waals surface area contributed by atoms with Gasteiger partial charge >= 0.3 is 6.36 Å². The van der Waals surface area contributed by atoms with Gasteiger partial charge in [0.15, 0.2) is 0 Å². The minimum atomic E-state index is -4.73. The van der Waals surface area contributed by atoms with Crippen LogP contribution in [0, 0.1) is 10.1 Å². The quantitative estimate of drug-likeness (QED) is 0.625. The molecule has 0 aliphatic rings. The van der Waals surface area contributed by atoms with E-state index in [9.17, 15) is 23.3 Å². The summed E-state index contributed by atoms with van der Waals surface area (Å²) in [6, 6.07) is 11.1. The maximum absolute atomic E-state index is 12.1. The van der Waals surface area contributed by atoms with E-state index in [1.54, 1.807) is 24.1 Å². The van der Waals surface area contributed by atoms with Crippen molar-refractivity contribution in [2.75, 3.05) is 11.9 Å². The molecule has 0 aliphatic heterocycles. The Morgan fingerprint density at radius 3 is 1.86 bits per heavy atom. The highest BCUT2D eigenvalue weighted by Gasteiger charge is 2.31.